The molecule has 0 radical (unpaired) electrons. The number of nitrogen functional groups attached to an aromatic ring is 1. The molecule has 0 atom stereocenters. The number of nitrogens with zero attached hydrogens (tertiary/aromatic N) is 3. The molecule has 0 amide bonds. The van der Waals surface area contributed by atoms with Gasteiger partial charge in [-0.05, 0) is 37.3 Å². The van der Waals surface area contributed by atoms with Crippen LogP contribution in [0.4, 0.5) is 22.0 Å². The normalized spacial score (nSPS) is 10.4. The molecule has 8 nitrogen and oxygen atoms in total. The average molecular weight is 383 g/mol. The Hall–Kier alpha value is -3.75. The van der Waals surface area contributed by atoms with E-state index in [4.69, 9.17) is 15.2 Å². The first-order valence-corrected chi connectivity index (χ1v) is 8.29. The molecule has 0 aliphatic heterocycles. The minimum Gasteiger partial charge on any atom is -0.494 e. The van der Waals surface area contributed by atoms with Crippen LogP contribution in [0.25, 0.3) is 0 Å². The summed E-state index contributed by atoms with van der Waals surface area (Å²) in [7, 11) is 1.34. The van der Waals surface area contributed by atoms with Crippen LogP contribution in [-0.2, 0) is 11.3 Å². The van der Waals surface area contributed by atoms with Gasteiger partial charge in [-0.15, -0.1) is 0 Å². The van der Waals surface area contributed by atoms with Crippen LogP contribution in [-0.4, -0.2) is 28.0 Å². The number of hydrogen-bond acceptors (Lipinski definition) is 8. The molecule has 0 aliphatic rings. The lowest BCUT2D eigenvalue weighted by Gasteiger charge is -2.09. The standard InChI is InChI=1S/C19H18FN5O3/c1-11-3-6-13(7-4-11)22-19-24-16(23-18(21)25-19)10-28-17(26)12-5-8-15(27-2)14(20)9-12/h3-9H,10H2,1-2H3,(H3,21,22,23,24,25). The Balaban J connectivity index is 1.68. The van der Waals surface area contributed by atoms with Gasteiger partial charge in [0.15, 0.2) is 24.0 Å². The van der Waals surface area contributed by atoms with Crippen molar-refractivity contribution < 1.29 is 18.7 Å². The van der Waals surface area contributed by atoms with Crippen molar-refractivity contribution in [2.24, 2.45) is 0 Å². The third kappa shape index (κ3) is 4.70. The number of aryl methyl sites for hydroxylation is 1. The fraction of sp³-hybridized carbons (Fsp3) is 0.158. The van der Waals surface area contributed by atoms with E-state index in [2.05, 4.69) is 20.3 Å². The molecule has 3 rings (SSSR count). The van der Waals surface area contributed by atoms with Crippen LogP contribution >= 0.6 is 0 Å². The number of hydrogen-bond donors (Lipinski definition) is 2. The van der Waals surface area contributed by atoms with Crippen molar-refractivity contribution in [1.29, 1.82) is 0 Å². The van der Waals surface area contributed by atoms with Gasteiger partial charge >= 0.3 is 5.97 Å². The van der Waals surface area contributed by atoms with Crippen molar-refractivity contribution in [1.82, 2.24) is 15.0 Å². The first-order chi connectivity index (χ1) is 13.4. The van der Waals surface area contributed by atoms with Crippen molar-refractivity contribution in [3.8, 4) is 5.75 Å². The Labute approximate surface area is 160 Å². The zero-order valence-electron chi connectivity index (χ0n) is 15.3. The topological polar surface area (TPSA) is 112 Å². The highest BCUT2D eigenvalue weighted by molar-refractivity contribution is 5.89. The third-order valence-electron chi connectivity index (χ3n) is 3.73. The smallest absolute Gasteiger partial charge is 0.338 e. The molecule has 0 spiro atoms. The molecule has 0 fully saturated rings. The summed E-state index contributed by atoms with van der Waals surface area (Å²) in [5.74, 6) is -0.998. The molecule has 0 bridgehead atoms. The largest absolute Gasteiger partial charge is 0.494 e. The number of methoxy groups -OCH3 is 1. The maximum Gasteiger partial charge on any atom is 0.338 e. The van der Waals surface area contributed by atoms with Gasteiger partial charge in [0, 0.05) is 5.69 Å². The van der Waals surface area contributed by atoms with Crippen LogP contribution in [0.5, 0.6) is 5.75 Å². The van der Waals surface area contributed by atoms with Gasteiger partial charge in [-0.1, -0.05) is 17.7 Å². The van der Waals surface area contributed by atoms with Gasteiger partial charge in [0.1, 0.15) is 0 Å². The number of nitrogens with one attached hydrogen (secondary N) is 1. The fourth-order valence-electron chi connectivity index (χ4n) is 2.33. The number of aromatic nitrogens is 3. The van der Waals surface area contributed by atoms with E-state index in [1.54, 1.807) is 0 Å². The molecule has 1 heterocycles. The Morgan fingerprint density at radius 3 is 2.57 bits per heavy atom. The highest BCUT2D eigenvalue weighted by Crippen LogP contribution is 2.19. The first kappa shape index (κ1) is 19.0. The lowest BCUT2D eigenvalue weighted by molar-refractivity contribution is 0.0461. The molecule has 144 valence electrons. The van der Waals surface area contributed by atoms with E-state index in [1.807, 2.05) is 31.2 Å². The number of benzene rings is 2. The Kier molecular flexibility index (Phi) is 5.64. The quantitative estimate of drug-likeness (QED) is 0.625. The predicted molar refractivity (Wildman–Crippen MR) is 101 cm³/mol. The molecule has 2 aromatic carbocycles. The molecule has 9 heteroatoms. The molecular formula is C19H18FN5O3. The summed E-state index contributed by atoms with van der Waals surface area (Å²) in [6.07, 6.45) is 0. The van der Waals surface area contributed by atoms with Crippen molar-refractivity contribution in [3.05, 3.63) is 65.2 Å². The lowest BCUT2D eigenvalue weighted by Crippen LogP contribution is -2.11. The maximum absolute atomic E-state index is 13.7. The van der Waals surface area contributed by atoms with Gasteiger partial charge in [-0.3, -0.25) is 0 Å². The number of esters is 1. The number of carbonyl (C=O) groups excluding carboxylic acids is 1. The van der Waals surface area contributed by atoms with Gasteiger partial charge in [-0.25, -0.2) is 9.18 Å². The summed E-state index contributed by atoms with van der Waals surface area (Å²) in [5, 5.41) is 3.01. The molecule has 1 aromatic heterocycles. The summed E-state index contributed by atoms with van der Waals surface area (Å²) >= 11 is 0. The SMILES string of the molecule is COc1ccc(C(=O)OCc2nc(N)nc(Nc3ccc(C)cc3)n2)cc1F. The second-order valence-electron chi connectivity index (χ2n) is 5.85. The Morgan fingerprint density at radius 1 is 1.14 bits per heavy atom. The summed E-state index contributed by atoms with van der Waals surface area (Å²) in [4.78, 5) is 24.2. The first-order valence-electron chi connectivity index (χ1n) is 8.29. The van der Waals surface area contributed by atoms with Crippen molar-refractivity contribution in [2.45, 2.75) is 13.5 Å². The van der Waals surface area contributed by atoms with Crippen molar-refractivity contribution in [3.63, 3.8) is 0 Å². The second kappa shape index (κ2) is 8.30. The van der Waals surface area contributed by atoms with E-state index < -0.39 is 11.8 Å². The molecule has 3 aromatic rings. The molecule has 0 unspecified atom stereocenters. The molecule has 3 N–H and O–H groups in total. The highest BCUT2D eigenvalue weighted by atomic mass is 19.1. The monoisotopic (exact) mass is 383 g/mol. The summed E-state index contributed by atoms with van der Waals surface area (Å²) in [6, 6.07) is 11.4. The average Bonchev–Trinajstić information content (AvgIpc) is 2.67. The third-order valence-corrected chi connectivity index (χ3v) is 3.73. The number of nitrogens with two attached hydrogens (primary N) is 1. The van der Waals surface area contributed by atoms with Crippen LogP contribution in [0.3, 0.4) is 0 Å². The van der Waals surface area contributed by atoms with E-state index in [0.29, 0.717) is 0 Å². The van der Waals surface area contributed by atoms with Crippen molar-refractivity contribution >= 4 is 23.6 Å². The summed E-state index contributed by atoms with van der Waals surface area (Å²) < 4.78 is 23.7. The molecule has 0 aliphatic carbocycles. The zero-order valence-corrected chi connectivity index (χ0v) is 15.3. The molecule has 0 saturated heterocycles. The summed E-state index contributed by atoms with van der Waals surface area (Å²) in [5.41, 5.74) is 7.63. The van der Waals surface area contributed by atoms with Gasteiger partial charge in [0.25, 0.3) is 0 Å². The Bertz CT molecular complexity index is 995. The van der Waals surface area contributed by atoms with Crippen LogP contribution in [0.1, 0.15) is 21.7 Å². The predicted octanol–water partition coefficient (Wildman–Crippen LogP) is 3.01. The molecule has 28 heavy (non-hydrogen) atoms. The van der Waals surface area contributed by atoms with E-state index in [1.165, 1.54) is 19.2 Å². The number of anilines is 3. The van der Waals surface area contributed by atoms with Crippen LogP contribution in [0, 0.1) is 12.7 Å². The van der Waals surface area contributed by atoms with Gasteiger partial charge in [0.05, 0.1) is 12.7 Å². The zero-order chi connectivity index (χ0) is 20.1. The van der Waals surface area contributed by atoms with Gasteiger partial charge in [0.2, 0.25) is 11.9 Å². The van der Waals surface area contributed by atoms with E-state index in [9.17, 15) is 9.18 Å². The maximum atomic E-state index is 13.7. The fourth-order valence-corrected chi connectivity index (χ4v) is 2.33. The number of carbonyl (C=O) groups is 1. The van der Waals surface area contributed by atoms with Gasteiger partial charge < -0.3 is 20.5 Å². The van der Waals surface area contributed by atoms with Crippen LogP contribution in [0.15, 0.2) is 42.5 Å². The minimum atomic E-state index is -0.728. The van der Waals surface area contributed by atoms with Crippen molar-refractivity contribution in [2.75, 3.05) is 18.2 Å². The minimum absolute atomic E-state index is 0.0221. The van der Waals surface area contributed by atoms with Crippen LogP contribution < -0.4 is 15.8 Å². The highest BCUT2D eigenvalue weighted by Gasteiger charge is 2.13. The number of halogens is 1. The lowest BCUT2D eigenvalue weighted by atomic mass is 10.2. The van der Waals surface area contributed by atoms with E-state index >= 15 is 0 Å². The number of rotatable bonds is 6. The van der Waals surface area contributed by atoms with Gasteiger partial charge in [-0.2, -0.15) is 15.0 Å². The Morgan fingerprint density at radius 2 is 1.89 bits per heavy atom. The second-order valence-corrected chi connectivity index (χ2v) is 5.85. The number of ether oxygens (including phenoxy) is 2. The molecule has 0 saturated carbocycles. The molecular weight excluding hydrogens is 365 g/mol. The van der Waals surface area contributed by atoms with Crippen LogP contribution in [0.2, 0.25) is 0 Å². The van der Waals surface area contributed by atoms with E-state index in [0.717, 1.165) is 17.3 Å². The van der Waals surface area contributed by atoms with E-state index in [-0.39, 0.29) is 35.6 Å². The summed E-state index contributed by atoms with van der Waals surface area (Å²) in [6.45, 7) is 1.73.